The van der Waals surface area contributed by atoms with E-state index in [-0.39, 0.29) is 5.82 Å². The minimum atomic E-state index is -0.525. The Hall–Kier alpha value is -1.42. The molecule has 1 aliphatic rings. The van der Waals surface area contributed by atoms with Gasteiger partial charge in [-0.25, -0.2) is 4.39 Å². The molecule has 1 unspecified atom stereocenters. The van der Waals surface area contributed by atoms with Crippen LogP contribution in [0.25, 0.3) is 0 Å². The summed E-state index contributed by atoms with van der Waals surface area (Å²) in [4.78, 5) is 11.0. The van der Waals surface area contributed by atoms with Crippen LogP contribution < -0.4 is 11.1 Å². The second-order valence-corrected chi connectivity index (χ2v) is 5.03. The third-order valence-electron chi connectivity index (χ3n) is 3.80. The summed E-state index contributed by atoms with van der Waals surface area (Å²) in [5.74, 6) is -0.121. The average molecular weight is 250 g/mol. The highest BCUT2D eigenvalue weighted by Crippen LogP contribution is 2.29. The van der Waals surface area contributed by atoms with Gasteiger partial charge in [-0.3, -0.25) is 4.79 Å². The van der Waals surface area contributed by atoms with Crippen LogP contribution in [0.15, 0.2) is 18.2 Å². The Labute approximate surface area is 107 Å². The molecule has 0 aromatic heterocycles. The van der Waals surface area contributed by atoms with Gasteiger partial charge in [-0.15, -0.1) is 0 Å². The van der Waals surface area contributed by atoms with Crippen LogP contribution in [0.1, 0.15) is 42.1 Å². The van der Waals surface area contributed by atoms with Gasteiger partial charge in [-0.1, -0.05) is 6.42 Å². The summed E-state index contributed by atoms with van der Waals surface area (Å²) in [7, 11) is 0. The van der Waals surface area contributed by atoms with Crippen molar-refractivity contribution in [3.8, 4) is 0 Å². The predicted octanol–water partition coefficient (Wildman–Crippen LogP) is 2.20. The smallest absolute Gasteiger partial charge is 0.248 e. The molecule has 1 amide bonds. The van der Waals surface area contributed by atoms with E-state index in [1.54, 1.807) is 0 Å². The van der Waals surface area contributed by atoms with Crippen molar-refractivity contribution in [2.45, 2.75) is 38.8 Å². The van der Waals surface area contributed by atoms with Crippen LogP contribution in [-0.2, 0) is 6.54 Å². The standard InChI is InChI=1S/C14H19FN2O/c1-9(10-3-2-4-10)17-8-12-7-11(14(16)18)5-6-13(12)15/h5-7,9-10,17H,2-4,8H2,1H3,(H2,16,18). The zero-order valence-electron chi connectivity index (χ0n) is 10.6. The third-order valence-corrected chi connectivity index (χ3v) is 3.80. The highest BCUT2D eigenvalue weighted by atomic mass is 19.1. The van der Waals surface area contributed by atoms with Crippen LogP contribution >= 0.6 is 0 Å². The Bertz CT molecular complexity index is 443. The van der Waals surface area contributed by atoms with Gasteiger partial charge in [0.2, 0.25) is 5.91 Å². The second kappa shape index (κ2) is 5.48. The van der Waals surface area contributed by atoms with E-state index >= 15 is 0 Å². The van der Waals surface area contributed by atoms with E-state index in [9.17, 15) is 9.18 Å². The molecule has 0 radical (unpaired) electrons. The van der Waals surface area contributed by atoms with E-state index in [0.717, 1.165) is 0 Å². The number of rotatable bonds is 5. The van der Waals surface area contributed by atoms with Gasteiger partial charge in [0.15, 0.2) is 0 Å². The monoisotopic (exact) mass is 250 g/mol. The van der Waals surface area contributed by atoms with Gasteiger partial charge in [-0.05, 0) is 43.9 Å². The summed E-state index contributed by atoms with van der Waals surface area (Å²) in [6, 6.07) is 4.62. The number of halogens is 1. The molecule has 1 fully saturated rings. The highest BCUT2D eigenvalue weighted by Gasteiger charge is 2.23. The van der Waals surface area contributed by atoms with E-state index in [2.05, 4.69) is 12.2 Å². The van der Waals surface area contributed by atoms with E-state index in [4.69, 9.17) is 5.73 Å². The first-order valence-corrected chi connectivity index (χ1v) is 6.39. The molecule has 0 spiro atoms. The summed E-state index contributed by atoms with van der Waals surface area (Å²) in [6.07, 6.45) is 3.79. The van der Waals surface area contributed by atoms with Crippen molar-refractivity contribution >= 4 is 5.91 Å². The quantitative estimate of drug-likeness (QED) is 0.841. The maximum atomic E-state index is 13.6. The van der Waals surface area contributed by atoms with Gasteiger partial charge >= 0.3 is 0 Å². The maximum Gasteiger partial charge on any atom is 0.248 e. The highest BCUT2D eigenvalue weighted by molar-refractivity contribution is 5.92. The van der Waals surface area contributed by atoms with Gasteiger partial charge < -0.3 is 11.1 Å². The Morgan fingerprint density at radius 3 is 2.83 bits per heavy atom. The molecule has 0 aliphatic heterocycles. The normalized spacial score (nSPS) is 17.2. The first kappa shape index (κ1) is 13.0. The Morgan fingerprint density at radius 1 is 1.56 bits per heavy atom. The second-order valence-electron chi connectivity index (χ2n) is 5.03. The van der Waals surface area contributed by atoms with Crippen molar-refractivity contribution in [3.63, 3.8) is 0 Å². The van der Waals surface area contributed by atoms with Crippen molar-refractivity contribution in [3.05, 3.63) is 35.1 Å². The number of benzene rings is 1. The maximum absolute atomic E-state index is 13.6. The SMILES string of the molecule is CC(NCc1cc(C(N)=O)ccc1F)C1CCC1. The van der Waals surface area contributed by atoms with Gasteiger partial charge in [0.05, 0.1) is 0 Å². The molecule has 1 aliphatic carbocycles. The van der Waals surface area contributed by atoms with Crippen LogP contribution in [0.5, 0.6) is 0 Å². The lowest BCUT2D eigenvalue weighted by Gasteiger charge is -2.32. The van der Waals surface area contributed by atoms with Crippen LogP contribution in [0, 0.1) is 11.7 Å². The minimum Gasteiger partial charge on any atom is -0.366 e. The van der Waals surface area contributed by atoms with Crippen molar-refractivity contribution in [2.24, 2.45) is 11.7 Å². The Kier molecular flexibility index (Phi) is 3.97. The van der Waals surface area contributed by atoms with E-state index < -0.39 is 5.91 Å². The summed E-state index contributed by atoms with van der Waals surface area (Å²) in [5, 5.41) is 3.32. The van der Waals surface area contributed by atoms with Gasteiger partial charge in [0.1, 0.15) is 5.82 Å². The largest absolute Gasteiger partial charge is 0.366 e. The molecule has 3 nitrogen and oxygen atoms in total. The molecule has 4 heteroatoms. The predicted molar refractivity (Wildman–Crippen MR) is 68.6 cm³/mol. The molecule has 1 aromatic carbocycles. The Morgan fingerprint density at radius 2 is 2.28 bits per heavy atom. The lowest BCUT2D eigenvalue weighted by Crippen LogP contribution is -2.36. The van der Waals surface area contributed by atoms with Crippen molar-refractivity contribution in [1.29, 1.82) is 0 Å². The molecule has 18 heavy (non-hydrogen) atoms. The zero-order chi connectivity index (χ0) is 13.1. The summed E-state index contributed by atoms with van der Waals surface area (Å²) in [5.41, 5.74) is 6.03. The molecule has 3 N–H and O–H groups in total. The average Bonchev–Trinajstić information content (AvgIpc) is 2.25. The van der Waals surface area contributed by atoms with Crippen LogP contribution in [0.4, 0.5) is 4.39 Å². The number of hydrogen-bond donors (Lipinski definition) is 2. The van der Waals surface area contributed by atoms with Gasteiger partial charge in [0, 0.05) is 23.7 Å². The number of primary amides is 1. The van der Waals surface area contributed by atoms with Gasteiger partial charge in [0.25, 0.3) is 0 Å². The molecule has 1 atom stereocenters. The number of carbonyl (C=O) groups is 1. The van der Waals surface area contributed by atoms with Crippen LogP contribution in [0.3, 0.4) is 0 Å². The summed E-state index contributed by atoms with van der Waals surface area (Å²) in [6.45, 7) is 2.56. The van der Waals surface area contributed by atoms with Crippen molar-refractivity contribution < 1.29 is 9.18 Å². The third kappa shape index (κ3) is 2.88. The van der Waals surface area contributed by atoms with Crippen LogP contribution in [0.2, 0.25) is 0 Å². The van der Waals surface area contributed by atoms with Crippen molar-refractivity contribution in [2.75, 3.05) is 0 Å². The lowest BCUT2D eigenvalue weighted by atomic mass is 9.80. The molecule has 0 bridgehead atoms. The summed E-state index contributed by atoms with van der Waals surface area (Å²) < 4.78 is 13.6. The van der Waals surface area contributed by atoms with E-state index in [1.807, 2.05) is 0 Å². The van der Waals surface area contributed by atoms with Crippen LogP contribution in [-0.4, -0.2) is 11.9 Å². The Balaban J connectivity index is 1.99. The molecule has 1 saturated carbocycles. The number of nitrogens with one attached hydrogen (secondary N) is 1. The van der Waals surface area contributed by atoms with Gasteiger partial charge in [-0.2, -0.15) is 0 Å². The molecule has 1 aromatic rings. The molecule has 98 valence electrons. The minimum absolute atomic E-state index is 0.298. The molecule has 0 saturated heterocycles. The first-order valence-electron chi connectivity index (χ1n) is 6.39. The lowest BCUT2D eigenvalue weighted by molar-refractivity contribution is 0.1000. The number of carbonyl (C=O) groups excluding carboxylic acids is 1. The fourth-order valence-corrected chi connectivity index (χ4v) is 2.24. The molecule has 2 rings (SSSR count). The molecule has 0 heterocycles. The fourth-order valence-electron chi connectivity index (χ4n) is 2.24. The zero-order valence-corrected chi connectivity index (χ0v) is 10.6. The summed E-state index contributed by atoms with van der Waals surface area (Å²) >= 11 is 0. The topological polar surface area (TPSA) is 55.1 Å². The van der Waals surface area contributed by atoms with E-state index in [1.165, 1.54) is 37.5 Å². The number of hydrogen-bond acceptors (Lipinski definition) is 2. The fraction of sp³-hybridized carbons (Fsp3) is 0.500. The number of amides is 1. The first-order chi connectivity index (χ1) is 8.58. The van der Waals surface area contributed by atoms with Crippen molar-refractivity contribution in [1.82, 2.24) is 5.32 Å². The number of nitrogens with two attached hydrogens (primary N) is 1. The van der Waals surface area contributed by atoms with E-state index in [0.29, 0.717) is 29.6 Å². The molecular formula is C14H19FN2O. The molecular weight excluding hydrogens is 231 g/mol.